The second-order valence-corrected chi connectivity index (χ2v) is 5.05. The van der Waals surface area contributed by atoms with Crippen LogP contribution >= 0.6 is 11.6 Å². The number of hydrogen-bond donors (Lipinski definition) is 1. The van der Waals surface area contributed by atoms with Gasteiger partial charge >= 0.3 is 0 Å². The zero-order valence-electron chi connectivity index (χ0n) is 10.9. The predicted molar refractivity (Wildman–Crippen MR) is 82.4 cm³/mol. The van der Waals surface area contributed by atoms with Gasteiger partial charge in [-0.05, 0) is 48.9 Å². The summed E-state index contributed by atoms with van der Waals surface area (Å²) in [6, 6.07) is 14.9. The van der Waals surface area contributed by atoms with Crippen LogP contribution in [0.15, 0.2) is 48.5 Å². The van der Waals surface area contributed by atoms with Gasteiger partial charge < -0.3 is 10.5 Å². The van der Waals surface area contributed by atoms with Gasteiger partial charge in [0, 0.05) is 22.2 Å². The molecule has 0 aliphatic carbocycles. The predicted octanol–water partition coefficient (Wildman–Crippen LogP) is 4.57. The highest BCUT2D eigenvalue weighted by molar-refractivity contribution is 6.30. The Morgan fingerprint density at radius 2 is 1.90 bits per heavy atom. The number of halogens is 1. The molecule has 0 radical (unpaired) electrons. The number of aromatic nitrogens is 1. The van der Waals surface area contributed by atoms with E-state index in [2.05, 4.69) is 4.98 Å². The third-order valence-electron chi connectivity index (χ3n) is 3.05. The van der Waals surface area contributed by atoms with Crippen molar-refractivity contribution in [1.29, 1.82) is 0 Å². The van der Waals surface area contributed by atoms with Gasteiger partial charge in [-0.1, -0.05) is 17.7 Å². The number of anilines is 1. The van der Waals surface area contributed by atoms with Crippen LogP contribution in [-0.4, -0.2) is 4.98 Å². The number of benzene rings is 2. The molecule has 0 amide bonds. The minimum absolute atomic E-state index is 0.535. The van der Waals surface area contributed by atoms with E-state index in [4.69, 9.17) is 22.1 Å². The third kappa shape index (κ3) is 2.53. The highest BCUT2D eigenvalue weighted by Crippen LogP contribution is 2.28. The van der Waals surface area contributed by atoms with Gasteiger partial charge in [-0.3, -0.25) is 0 Å². The number of fused-ring (bicyclic) bond motifs is 1. The first-order chi connectivity index (χ1) is 9.61. The first-order valence-corrected chi connectivity index (χ1v) is 6.60. The zero-order valence-corrected chi connectivity index (χ0v) is 11.7. The summed E-state index contributed by atoms with van der Waals surface area (Å²) in [5.74, 6) is 1.24. The van der Waals surface area contributed by atoms with Crippen LogP contribution in [0.2, 0.25) is 5.02 Å². The third-order valence-corrected chi connectivity index (χ3v) is 3.29. The molecule has 0 atom stereocenters. The molecule has 2 N–H and O–H groups in total. The first kappa shape index (κ1) is 12.8. The molecule has 1 heterocycles. The van der Waals surface area contributed by atoms with Crippen molar-refractivity contribution in [2.75, 3.05) is 5.73 Å². The number of hydrogen-bond acceptors (Lipinski definition) is 3. The van der Waals surface area contributed by atoms with Crippen LogP contribution < -0.4 is 10.5 Å². The maximum Gasteiger partial charge on any atom is 0.219 e. The molecule has 4 heteroatoms. The van der Waals surface area contributed by atoms with Crippen molar-refractivity contribution < 1.29 is 4.74 Å². The number of ether oxygens (including phenoxy) is 1. The Hall–Kier alpha value is -2.26. The first-order valence-electron chi connectivity index (χ1n) is 6.22. The zero-order chi connectivity index (χ0) is 14.1. The molecule has 0 spiro atoms. The van der Waals surface area contributed by atoms with Gasteiger partial charge in [0.05, 0.1) is 5.52 Å². The molecular weight excluding hydrogens is 272 g/mol. The van der Waals surface area contributed by atoms with Crippen molar-refractivity contribution in [2.45, 2.75) is 6.92 Å². The van der Waals surface area contributed by atoms with Gasteiger partial charge in [-0.2, -0.15) is 0 Å². The summed E-state index contributed by atoms with van der Waals surface area (Å²) in [4.78, 5) is 4.46. The Morgan fingerprint density at radius 1 is 1.05 bits per heavy atom. The van der Waals surface area contributed by atoms with E-state index in [0.717, 1.165) is 22.2 Å². The van der Waals surface area contributed by atoms with Gasteiger partial charge in [0.2, 0.25) is 5.88 Å². The van der Waals surface area contributed by atoms with Crippen molar-refractivity contribution in [3.8, 4) is 11.6 Å². The Labute approximate surface area is 122 Å². The fraction of sp³-hybridized carbons (Fsp3) is 0.0625. The maximum atomic E-state index is 5.98. The van der Waals surface area contributed by atoms with Gasteiger partial charge in [-0.15, -0.1) is 0 Å². The molecular formula is C16H13ClN2O. The topological polar surface area (TPSA) is 48.1 Å². The molecule has 3 nitrogen and oxygen atoms in total. The van der Waals surface area contributed by atoms with E-state index in [1.807, 2.05) is 49.4 Å². The number of nitrogen functional groups attached to an aromatic ring is 1. The summed E-state index contributed by atoms with van der Waals surface area (Å²) >= 11 is 5.98. The highest BCUT2D eigenvalue weighted by atomic mass is 35.5. The van der Waals surface area contributed by atoms with E-state index in [0.29, 0.717) is 16.7 Å². The van der Waals surface area contributed by atoms with Crippen molar-refractivity contribution in [1.82, 2.24) is 4.98 Å². The van der Waals surface area contributed by atoms with Crippen LogP contribution in [0.1, 0.15) is 5.56 Å². The molecule has 2 aromatic carbocycles. The largest absolute Gasteiger partial charge is 0.439 e. The van der Waals surface area contributed by atoms with E-state index in [1.54, 1.807) is 6.07 Å². The molecule has 0 saturated heterocycles. The van der Waals surface area contributed by atoms with E-state index in [9.17, 15) is 0 Å². The minimum atomic E-state index is 0.535. The quantitative estimate of drug-likeness (QED) is 0.701. The number of aryl methyl sites for hydroxylation is 1. The summed E-state index contributed by atoms with van der Waals surface area (Å²) < 4.78 is 5.80. The highest BCUT2D eigenvalue weighted by Gasteiger charge is 2.05. The van der Waals surface area contributed by atoms with Crippen molar-refractivity contribution in [3.63, 3.8) is 0 Å². The summed E-state index contributed by atoms with van der Waals surface area (Å²) in [6.07, 6.45) is 0. The average Bonchev–Trinajstić information content (AvgIpc) is 2.43. The molecule has 0 fully saturated rings. The number of pyridine rings is 1. The molecule has 0 unspecified atom stereocenters. The molecule has 100 valence electrons. The maximum absolute atomic E-state index is 5.98. The molecule has 0 aliphatic heterocycles. The van der Waals surface area contributed by atoms with E-state index < -0.39 is 0 Å². The van der Waals surface area contributed by atoms with Crippen LogP contribution in [0, 0.1) is 6.92 Å². The smallest absolute Gasteiger partial charge is 0.219 e. The Balaban J connectivity index is 1.98. The number of nitrogens with two attached hydrogens (primary N) is 1. The van der Waals surface area contributed by atoms with Crippen LogP contribution in [0.5, 0.6) is 11.6 Å². The number of rotatable bonds is 2. The second kappa shape index (κ2) is 5.02. The fourth-order valence-corrected chi connectivity index (χ4v) is 2.14. The minimum Gasteiger partial charge on any atom is -0.439 e. The summed E-state index contributed by atoms with van der Waals surface area (Å²) in [5.41, 5.74) is 8.32. The van der Waals surface area contributed by atoms with Crippen LogP contribution in [0.4, 0.5) is 5.69 Å². The van der Waals surface area contributed by atoms with Crippen molar-refractivity contribution in [3.05, 3.63) is 59.1 Å². The lowest BCUT2D eigenvalue weighted by molar-refractivity contribution is 0.461. The van der Waals surface area contributed by atoms with Crippen molar-refractivity contribution >= 4 is 28.2 Å². The lowest BCUT2D eigenvalue weighted by Gasteiger charge is -2.09. The Morgan fingerprint density at radius 3 is 2.75 bits per heavy atom. The average molecular weight is 285 g/mol. The van der Waals surface area contributed by atoms with E-state index in [-0.39, 0.29) is 0 Å². The standard InChI is InChI=1S/C16H13ClN2O/c1-10-2-4-12(17)9-15(10)20-16-7-3-11-8-13(18)5-6-14(11)19-16/h2-9H,18H2,1H3. The number of nitrogens with zero attached hydrogens (tertiary/aromatic N) is 1. The molecule has 3 aromatic rings. The van der Waals surface area contributed by atoms with Gasteiger partial charge in [0.15, 0.2) is 0 Å². The Bertz CT molecular complexity index is 787. The van der Waals surface area contributed by atoms with Crippen LogP contribution in [0.3, 0.4) is 0 Å². The lowest BCUT2D eigenvalue weighted by atomic mass is 10.2. The molecule has 0 saturated carbocycles. The summed E-state index contributed by atoms with van der Waals surface area (Å²) in [5, 5.41) is 1.62. The van der Waals surface area contributed by atoms with Gasteiger partial charge in [0.25, 0.3) is 0 Å². The van der Waals surface area contributed by atoms with Crippen molar-refractivity contribution in [2.24, 2.45) is 0 Å². The van der Waals surface area contributed by atoms with Gasteiger partial charge in [0.1, 0.15) is 5.75 Å². The molecule has 0 aliphatic rings. The SMILES string of the molecule is Cc1ccc(Cl)cc1Oc1ccc2cc(N)ccc2n1. The normalized spacial score (nSPS) is 10.7. The van der Waals surface area contributed by atoms with Gasteiger partial charge in [-0.25, -0.2) is 4.98 Å². The Kier molecular flexibility index (Phi) is 3.20. The monoisotopic (exact) mass is 284 g/mol. The fourth-order valence-electron chi connectivity index (χ4n) is 1.98. The molecule has 3 rings (SSSR count). The van der Waals surface area contributed by atoms with Crippen LogP contribution in [-0.2, 0) is 0 Å². The van der Waals surface area contributed by atoms with E-state index in [1.165, 1.54) is 0 Å². The second-order valence-electron chi connectivity index (χ2n) is 4.61. The summed E-state index contributed by atoms with van der Waals surface area (Å²) in [7, 11) is 0. The molecule has 20 heavy (non-hydrogen) atoms. The van der Waals surface area contributed by atoms with Crippen LogP contribution in [0.25, 0.3) is 10.9 Å². The summed E-state index contributed by atoms with van der Waals surface area (Å²) in [6.45, 7) is 1.97. The molecule has 0 bridgehead atoms. The lowest BCUT2D eigenvalue weighted by Crippen LogP contribution is -1.91. The molecule has 1 aromatic heterocycles. The van der Waals surface area contributed by atoms with E-state index >= 15 is 0 Å².